The molecule has 0 unspecified atom stereocenters. The molecule has 0 amide bonds. The maximum atomic E-state index is 4.37. The average Bonchev–Trinajstić information content (AvgIpc) is 2.93. The maximum absolute atomic E-state index is 4.37. The minimum atomic E-state index is 0.565. The largest absolute Gasteiger partial charge is 0.371 e. The Morgan fingerprint density at radius 1 is 1.05 bits per heavy atom. The highest BCUT2D eigenvalue weighted by molar-refractivity contribution is 5.59. The van der Waals surface area contributed by atoms with Crippen LogP contribution in [-0.2, 0) is 0 Å². The normalized spacial score (nSPS) is 16.8. The van der Waals surface area contributed by atoms with Crippen LogP contribution in [0.2, 0.25) is 0 Å². The van der Waals surface area contributed by atoms with Gasteiger partial charge in [0.2, 0.25) is 0 Å². The number of aryl methyl sites for hydroxylation is 2. The highest BCUT2D eigenvalue weighted by Gasteiger charge is 2.22. The summed E-state index contributed by atoms with van der Waals surface area (Å²) >= 11 is 0. The zero-order valence-corrected chi connectivity index (χ0v) is 11.7. The van der Waals surface area contributed by atoms with Gasteiger partial charge in [-0.25, -0.2) is 0 Å². The molecule has 1 aromatic carbocycles. The molecule has 2 aromatic rings. The second-order valence-corrected chi connectivity index (χ2v) is 5.44. The summed E-state index contributed by atoms with van der Waals surface area (Å²) in [5, 5.41) is 4.37. The molecule has 1 aliphatic rings. The molecule has 2 heterocycles. The van der Waals surface area contributed by atoms with Crippen LogP contribution in [0.3, 0.4) is 0 Å². The van der Waals surface area contributed by atoms with Gasteiger partial charge in [0.15, 0.2) is 0 Å². The quantitative estimate of drug-likeness (QED) is 0.820. The van der Waals surface area contributed by atoms with Crippen LogP contribution in [0.15, 0.2) is 36.7 Å². The predicted octanol–water partition coefficient (Wildman–Crippen LogP) is 3.34. The molecule has 1 aromatic heterocycles. The highest BCUT2D eigenvalue weighted by Crippen LogP contribution is 2.30. The Balaban J connectivity index is 1.74. The molecule has 0 N–H and O–H groups in total. The summed E-state index contributed by atoms with van der Waals surface area (Å²) in [7, 11) is 0. The number of anilines is 1. The first-order valence-corrected chi connectivity index (χ1v) is 7.06. The monoisotopic (exact) mass is 255 g/mol. The molecular formula is C16H21N3. The van der Waals surface area contributed by atoms with E-state index in [-0.39, 0.29) is 0 Å². The van der Waals surface area contributed by atoms with Crippen LogP contribution < -0.4 is 4.90 Å². The van der Waals surface area contributed by atoms with Crippen molar-refractivity contribution in [3.63, 3.8) is 0 Å². The molecule has 19 heavy (non-hydrogen) atoms. The molecule has 0 saturated carbocycles. The van der Waals surface area contributed by atoms with E-state index in [0.717, 1.165) is 13.1 Å². The molecule has 0 atom stereocenters. The first-order chi connectivity index (χ1) is 9.25. The van der Waals surface area contributed by atoms with Crippen LogP contribution >= 0.6 is 0 Å². The number of hydrogen-bond acceptors (Lipinski definition) is 2. The van der Waals surface area contributed by atoms with Crippen molar-refractivity contribution in [3.05, 3.63) is 47.8 Å². The van der Waals surface area contributed by atoms with Crippen LogP contribution in [0.1, 0.15) is 30.0 Å². The molecule has 0 spiro atoms. The number of piperidine rings is 1. The number of benzene rings is 1. The Bertz CT molecular complexity index is 517. The van der Waals surface area contributed by atoms with Gasteiger partial charge in [-0.3, -0.25) is 4.68 Å². The number of para-hydroxylation sites is 1. The molecule has 1 saturated heterocycles. The van der Waals surface area contributed by atoms with E-state index in [1.807, 2.05) is 12.3 Å². The average molecular weight is 255 g/mol. The van der Waals surface area contributed by atoms with Crippen molar-refractivity contribution in [1.29, 1.82) is 0 Å². The molecule has 3 nitrogen and oxygen atoms in total. The van der Waals surface area contributed by atoms with Crippen molar-refractivity contribution >= 4 is 5.69 Å². The van der Waals surface area contributed by atoms with Crippen LogP contribution in [0.5, 0.6) is 0 Å². The van der Waals surface area contributed by atoms with Gasteiger partial charge >= 0.3 is 0 Å². The fourth-order valence-electron chi connectivity index (χ4n) is 3.16. The Morgan fingerprint density at radius 3 is 2.32 bits per heavy atom. The summed E-state index contributed by atoms with van der Waals surface area (Å²) in [6, 6.07) is 9.14. The van der Waals surface area contributed by atoms with Crippen molar-refractivity contribution in [2.75, 3.05) is 18.0 Å². The molecule has 3 rings (SSSR count). The third-order valence-corrected chi connectivity index (χ3v) is 4.12. The molecule has 0 bridgehead atoms. The summed E-state index contributed by atoms with van der Waals surface area (Å²) in [5.74, 6) is 0. The van der Waals surface area contributed by atoms with Crippen molar-refractivity contribution in [2.24, 2.45) is 0 Å². The summed E-state index contributed by atoms with van der Waals surface area (Å²) in [4.78, 5) is 2.53. The highest BCUT2D eigenvalue weighted by atomic mass is 15.3. The number of nitrogens with zero attached hydrogens (tertiary/aromatic N) is 3. The van der Waals surface area contributed by atoms with E-state index in [1.165, 1.54) is 29.7 Å². The molecule has 3 heteroatoms. The second-order valence-electron chi connectivity index (χ2n) is 5.44. The number of rotatable bonds is 2. The van der Waals surface area contributed by atoms with Crippen LogP contribution in [0, 0.1) is 13.8 Å². The number of hydrogen-bond donors (Lipinski definition) is 0. The Kier molecular flexibility index (Phi) is 3.28. The Hall–Kier alpha value is -1.77. The Labute approximate surface area is 114 Å². The van der Waals surface area contributed by atoms with Crippen molar-refractivity contribution in [3.8, 4) is 0 Å². The van der Waals surface area contributed by atoms with Crippen LogP contribution in [-0.4, -0.2) is 22.9 Å². The molecule has 1 fully saturated rings. The molecule has 0 aliphatic carbocycles. The standard InChI is InChI=1S/C16H21N3/c1-13-5-3-6-14(2)16(13)18-11-7-15(8-12-18)19-10-4-9-17-19/h3-6,9-10,15H,7-8,11-12H2,1-2H3. The van der Waals surface area contributed by atoms with Gasteiger partial charge in [-0.2, -0.15) is 5.10 Å². The van der Waals surface area contributed by atoms with E-state index in [9.17, 15) is 0 Å². The summed E-state index contributed by atoms with van der Waals surface area (Å²) in [5.41, 5.74) is 4.21. The van der Waals surface area contributed by atoms with Gasteiger partial charge in [0, 0.05) is 31.2 Å². The third-order valence-electron chi connectivity index (χ3n) is 4.12. The topological polar surface area (TPSA) is 21.1 Å². The number of aromatic nitrogens is 2. The minimum absolute atomic E-state index is 0.565. The van der Waals surface area contributed by atoms with E-state index in [1.54, 1.807) is 0 Å². The Morgan fingerprint density at radius 2 is 1.74 bits per heavy atom. The van der Waals surface area contributed by atoms with Crippen molar-refractivity contribution in [1.82, 2.24) is 9.78 Å². The SMILES string of the molecule is Cc1cccc(C)c1N1CCC(n2cccn2)CC1. The van der Waals surface area contributed by atoms with Gasteiger partial charge in [-0.05, 0) is 43.9 Å². The minimum Gasteiger partial charge on any atom is -0.371 e. The summed E-state index contributed by atoms with van der Waals surface area (Å²) in [6.45, 7) is 6.66. The smallest absolute Gasteiger partial charge is 0.0552 e. The third kappa shape index (κ3) is 2.37. The van der Waals surface area contributed by atoms with Gasteiger partial charge in [0.05, 0.1) is 6.04 Å². The molecule has 0 radical (unpaired) electrons. The van der Waals surface area contributed by atoms with E-state index >= 15 is 0 Å². The van der Waals surface area contributed by atoms with Gasteiger partial charge in [-0.15, -0.1) is 0 Å². The first-order valence-electron chi connectivity index (χ1n) is 7.06. The first kappa shape index (κ1) is 12.3. The van der Waals surface area contributed by atoms with E-state index in [4.69, 9.17) is 0 Å². The molecule has 1 aliphatic heterocycles. The van der Waals surface area contributed by atoms with Gasteiger partial charge < -0.3 is 4.90 Å². The summed E-state index contributed by atoms with van der Waals surface area (Å²) < 4.78 is 2.11. The lowest BCUT2D eigenvalue weighted by Gasteiger charge is -2.35. The van der Waals surface area contributed by atoms with Crippen LogP contribution in [0.25, 0.3) is 0 Å². The fraction of sp³-hybridized carbons (Fsp3) is 0.438. The van der Waals surface area contributed by atoms with Crippen molar-refractivity contribution in [2.45, 2.75) is 32.7 Å². The lowest BCUT2D eigenvalue weighted by Crippen LogP contribution is -2.35. The predicted molar refractivity (Wildman–Crippen MR) is 78.6 cm³/mol. The van der Waals surface area contributed by atoms with Crippen molar-refractivity contribution < 1.29 is 0 Å². The lowest BCUT2D eigenvalue weighted by molar-refractivity contribution is 0.366. The lowest BCUT2D eigenvalue weighted by atomic mass is 10.0. The fourth-order valence-corrected chi connectivity index (χ4v) is 3.16. The van der Waals surface area contributed by atoms with Crippen LogP contribution in [0.4, 0.5) is 5.69 Å². The van der Waals surface area contributed by atoms with E-state index in [2.05, 4.69) is 52.9 Å². The zero-order chi connectivity index (χ0) is 13.2. The van der Waals surface area contributed by atoms with Gasteiger partial charge in [0.25, 0.3) is 0 Å². The summed E-state index contributed by atoms with van der Waals surface area (Å²) in [6.07, 6.45) is 6.31. The zero-order valence-electron chi connectivity index (χ0n) is 11.7. The second kappa shape index (κ2) is 5.08. The maximum Gasteiger partial charge on any atom is 0.0552 e. The van der Waals surface area contributed by atoms with E-state index in [0.29, 0.717) is 6.04 Å². The van der Waals surface area contributed by atoms with E-state index < -0.39 is 0 Å². The molecule has 100 valence electrons. The molecular weight excluding hydrogens is 234 g/mol. The van der Waals surface area contributed by atoms with Gasteiger partial charge in [0.1, 0.15) is 0 Å². The van der Waals surface area contributed by atoms with Gasteiger partial charge in [-0.1, -0.05) is 18.2 Å².